The molecule has 5 heteroatoms. The van der Waals surface area contributed by atoms with E-state index in [-0.39, 0.29) is 12.5 Å². The van der Waals surface area contributed by atoms with E-state index in [1.807, 2.05) is 19.9 Å². The van der Waals surface area contributed by atoms with Crippen molar-refractivity contribution in [1.82, 2.24) is 0 Å². The van der Waals surface area contributed by atoms with Crippen LogP contribution < -0.4 is 0 Å². The Morgan fingerprint density at radius 2 is 2.00 bits per heavy atom. The number of carbonyl (C=O) groups is 1. The Morgan fingerprint density at radius 3 is 2.35 bits per heavy atom. The average molecular weight is 267 g/mol. The number of allylic oxidation sites excluding steroid dienone is 2. The van der Waals surface area contributed by atoms with E-state index < -0.39 is 11.4 Å². The quantitative estimate of drug-likeness (QED) is 0.414. The largest absolute Gasteiger partial charge is 0.460 e. The van der Waals surface area contributed by atoms with Crippen LogP contribution in [0.2, 0.25) is 0 Å². The summed E-state index contributed by atoms with van der Waals surface area (Å²) >= 11 is 4.53. The lowest BCUT2D eigenvalue weighted by Crippen LogP contribution is -2.26. The molecule has 0 aromatic carbocycles. The molecular weight excluding hydrogens is 250 g/mol. The molecule has 0 bridgehead atoms. The van der Waals surface area contributed by atoms with Gasteiger partial charge in [0.1, 0.15) is 0 Å². The molecule has 1 atom stereocenters. The Bertz CT molecular complexity index is 315. The maximum atomic E-state index is 12.3. The summed E-state index contributed by atoms with van der Waals surface area (Å²) in [4.78, 5) is 10.8. The molecule has 0 aromatic rings. The van der Waals surface area contributed by atoms with Gasteiger partial charge < -0.3 is 4.74 Å². The molecule has 17 heavy (non-hydrogen) atoms. The van der Waals surface area contributed by atoms with Crippen molar-refractivity contribution in [2.24, 2.45) is 5.92 Å². The molecule has 0 fully saturated rings. The molecule has 0 N–H and O–H groups in total. The van der Waals surface area contributed by atoms with Gasteiger partial charge in [0.05, 0.1) is 6.61 Å². The number of halogens is 3. The second-order valence-electron chi connectivity index (χ2n) is 4.16. The molecule has 0 aromatic heterocycles. The minimum absolute atomic E-state index is 0.139. The number of ether oxygens (including phenoxy) is 1. The van der Waals surface area contributed by atoms with Gasteiger partial charge in [0.25, 0.3) is 0 Å². The molecular formula is C12H17ClF2O2. The highest BCUT2D eigenvalue weighted by atomic mass is 35.5. The van der Waals surface area contributed by atoms with Crippen LogP contribution in [0.15, 0.2) is 23.8 Å². The Balaban J connectivity index is 4.34. The molecule has 98 valence electrons. The highest BCUT2D eigenvalue weighted by Crippen LogP contribution is 2.22. The molecule has 0 aliphatic rings. The second-order valence-corrected chi connectivity index (χ2v) is 4.63. The van der Waals surface area contributed by atoms with Crippen LogP contribution in [0.3, 0.4) is 0 Å². The van der Waals surface area contributed by atoms with Crippen molar-refractivity contribution in [3.05, 3.63) is 23.8 Å². The maximum Gasteiger partial charge on any atom is 0.417 e. The fraction of sp³-hybridized carbons (Fsp3) is 0.583. The standard InChI is InChI=1S/C12H17ClF2O2/c1-8(2)5-6-10(9(3)4)7-17-11(16)12(13,14)15/h5,10H,3,6-7H2,1-2,4H3. The summed E-state index contributed by atoms with van der Waals surface area (Å²) in [7, 11) is 0. The van der Waals surface area contributed by atoms with E-state index in [1.54, 1.807) is 6.92 Å². The predicted molar refractivity (Wildman–Crippen MR) is 64.1 cm³/mol. The van der Waals surface area contributed by atoms with Crippen LogP contribution in [0.5, 0.6) is 0 Å². The summed E-state index contributed by atoms with van der Waals surface area (Å²) in [6.07, 6.45) is 2.53. The third-order valence-corrected chi connectivity index (χ3v) is 2.31. The first-order valence-electron chi connectivity index (χ1n) is 5.17. The second kappa shape index (κ2) is 6.74. The predicted octanol–water partition coefficient (Wildman–Crippen LogP) is 3.91. The molecule has 1 unspecified atom stereocenters. The fourth-order valence-corrected chi connectivity index (χ4v) is 1.10. The van der Waals surface area contributed by atoms with E-state index in [0.29, 0.717) is 6.42 Å². The highest BCUT2D eigenvalue weighted by molar-refractivity contribution is 6.31. The zero-order chi connectivity index (χ0) is 13.6. The minimum atomic E-state index is -3.96. The van der Waals surface area contributed by atoms with Gasteiger partial charge in [0.2, 0.25) is 0 Å². The Morgan fingerprint density at radius 1 is 1.47 bits per heavy atom. The third kappa shape index (κ3) is 7.10. The van der Waals surface area contributed by atoms with Gasteiger partial charge >= 0.3 is 11.4 Å². The van der Waals surface area contributed by atoms with Crippen molar-refractivity contribution < 1.29 is 18.3 Å². The lowest BCUT2D eigenvalue weighted by atomic mass is 9.98. The van der Waals surface area contributed by atoms with Crippen molar-refractivity contribution in [3.8, 4) is 0 Å². The number of alkyl halides is 3. The van der Waals surface area contributed by atoms with E-state index in [2.05, 4.69) is 22.9 Å². The number of hydrogen-bond donors (Lipinski definition) is 0. The molecule has 0 amide bonds. The summed E-state index contributed by atoms with van der Waals surface area (Å²) in [5.41, 5.74) is 1.87. The van der Waals surface area contributed by atoms with E-state index in [9.17, 15) is 13.6 Å². The molecule has 2 nitrogen and oxygen atoms in total. The number of rotatable bonds is 6. The molecule has 0 rings (SSSR count). The Hall–Kier alpha value is -0.900. The Kier molecular flexibility index (Phi) is 6.39. The van der Waals surface area contributed by atoms with Gasteiger partial charge in [-0.15, -0.1) is 0 Å². The van der Waals surface area contributed by atoms with Gasteiger partial charge in [-0.25, -0.2) is 4.79 Å². The van der Waals surface area contributed by atoms with Crippen LogP contribution >= 0.6 is 11.6 Å². The maximum absolute atomic E-state index is 12.3. The van der Waals surface area contributed by atoms with E-state index in [0.717, 1.165) is 11.1 Å². The molecule has 0 aliphatic heterocycles. The monoisotopic (exact) mass is 266 g/mol. The number of hydrogen-bond acceptors (Lipinski definition) is 2. The van der Waals surface area contributed by atoms with Gasteiger partial charge in [0, 0.05) is 5.92 Å². The van der Waals surface area contributed by atoms with E-state index >= 15 is 0 Å². The van der Waals surface area contributed by atoms with Crippen molar-refractivity contribution >= 4 is 17.6 Å². The summed E-state index contributed by atoms with van der Waals surface area (Å²) in [5, 5.41) is -3.96. The van der Waals surface area contributed by atoms with Crippen LogP contribution in [0.25, 0.3) is 0 Å². The molecule has 0 spiro atoms. The molecule has 0 radical (unpaired) electrons. The van der Waals surface area contributed by atoms with Gasteiger partial charge in [0.15, 0.2) is 0 Å². The van der Waals surface area contributed by atoms with E-state index in [1.165, 1.54) is 0 Å². The number of carbonyl (C=O) groups excluding carboxylic acids is 1. The SMILES string of the molecule is C=C(C)C(CC=C(C)C)COC(=O)C(F)(F)Cl. The summed E-state index contributed by atoms with van der Waals surface area (Å²) in [6, 6.07) is 0. The summed E-state index contributed by atoms with van der Waals surface area (Å²) < 4.78 is 29.1. The van der Waals surface area contributed by atoms with Gasteiger partial charge in [-0.1, -0.05) is 23.8 Å². The smallest absolute Gasteiger partial charge is 0.417 e. The average Bonchev–Trinajstić information content (AvgIpc) is 2.14. The Labute approximate surface area is 105 Å². The molecule has 0 saturated carbocycles. The lowest BCUT2D eigenvalue weighted by Gasteiger charge is -2.16. The topological polar surface area (TPSA) is 26.3 Å². The first kappa shape index (κ1) is 16.1. The third-order valence-electron chi connectivity index (χ3n) is 2.15. The molecule has 0 aliphatic carbocycles. The van der Waals surface area contributed by atoms with Crippen LogP contribution in [0, 0.1) is 5.92 Å². The van der Waals surface area contributed by atoms with Crippen molar-refractivity contribution in [3.63, 3.8) is 0 Å². The highest BCUT2D eigenvalue weighted by Gasteiger charge is 2.38. The van der Waals surface area contributed by atoms with Gasteiger partial charge in [-0.2, -0.15) is 8.78 Å². The fourth-order valence-electron chi connectivity index (χ4n) is 1.05. The van der Waals surface area contributed by atoms with E-state index in [4.69, 9.17) is 0 Å². The zero-order valence-corrected chi connectivity index (χ0v) is 11.0. The van der Waals surface area contributed by atoms with Crippen molar-refractivity contribution in [2.45, 2.75) is 32.6 Å². The van der Waals surface area contributed by atoms with Gasteiger partial charge in [-0.05, 0) is 38.8 Å². The van der Waals surface area contributed by atoms with Crippen LogP contribution in [-0.4, -0.2) is 18.0 Å². The van der Waals surface area contributed by atoms with Crippen LogP contribution in [0.1, 0.15) is 27.2 Å². The van der Waals surface area contributed by atoms with Crippen molar-refractivity contribution in [2.75, 3.05) is 6.61 Å². The number of esters is 1. The van der Waals surface area contributed by atoms with Crippen LogP contribution in [0.4, 0.5) is 8.78 Å². The van der Waals surface area contributed by atoms with Crippen LogP contribution in [-0.2, 0) is 9.53 Å². The first-order valence-corrected chi connectivity index (χ1v) is 5.55. The summed E-state index contributed by atoms with van der Waals surface area (Å²) in [6.45, 7) is 9.20. The molecule has 0 heterocycles. The summed E-state index contributed by atoms with van der Waals surface area (Å²) in [5.74, 6) is -1.89. The van der Waals surface area contributed by atoms with Crippen molar-refractivity contribution in [1.29, 1.82) is 0 Å². The molecule has 0 saturated heterocycles. The normalized spacial score (nSPS) is 12.8. The van der Waals surface area contributed by atoms with Gasteiger partial charge in [-0.3, -0.25) is 0 Å². The zero-order valence-electron chi connectivity index (χ0n) is 10.2. The lowest BCUT2D eigenvalue weighted by molar-refractivity contribution is -0.162. The first-order chi connectivity index (χ1) is 7.64. The minimum Gasteiger partial charge on any atom is -0.460 e.